The largest absolute Gasteiger partial charge is 0.462 e. The molecule has 1 fully saturated rings. The Labute approximate surface area is 201 Å². The number of piperidine rings is 1. The molecule has 0 aromatic carbocycles. The van der Waals surface area contributed by atoms with Crippen LogP contribution in [0.4, 0.5) is 15.3 Å². The van der Waals surface area contributed by atoms with Crippen LogP contribution in [0.15, 0.2) is 12.3 Å². The Bertz CT molecular complexity index is 958. The molecule has 2 rings (SSSR count). The number of nitrogens with one attached hydrogen (secondary N) is 1. The molecule has 1 aromatic heterocycles. The SMILES string of the molecule is CCOC(=O)c1cnc(C#CC2CCN(C(=O)OC(C)(C)C)CC2)cc1NC(=O)OC(C)(C)C. The molecule has 0 spiro atoms. The van der Waals surface area contributed by atoms with Gasteiger partial charge in [0.25, 0.3) is 0 Å². The first-order chi connectivity index (χ1) is 15.8. The van der Waals surface area contributed by atoms with Crippen molar-refractivity contribution in [3.8, 4) is 11.8 Å². The van der Waals surface area contributed by atoms with Crippen molar-refractivity contribution < 1.29 is 28.6 Å². The molecule has 1 saturated heterocycles. The molecular formula is C25H35N3O6. The fourth-order valence-electron chi connectivity index (χ4n) is 3.12. The lowest BCUT2D eigenvalue weighted by Crippen LogP contribution is -2.41. The van der Waals surface area contributed by atoms with Gasteiger partial charge in [-0.3, -0.25) is 5.32 Å². The van der Waals surface area contributed by atoms with Crippen molar-refractivity contribution in [2.45, 2.75) is 72.5 Å². The zero-order valence-corrected chi connectivity index (χ0v) is 21.1. The Hall–Kier alpha value is -3.28. The number of carbonyl (C=O) groups is 3. The zero-order chi connectivity index (χ0) is 25.5. The molecule has 1 aromatic rings. The predicted molar refractivity (Wildman–Crippen MR) is 127 cm³/mol. The fourth-order valence-corrected chi connectivity index (χ4v) is 3.12. The molecule has 186 valence electrons. The third-order valence-corrected chi connectivity index (χ3v) is 4.59. The van der Waals surface area contributed by atoms with Gasteiger partial charge in [0.2, 0.25) is 0 Å². The molecule has 9 nitrogen and oxygen atoms in total. The lowest BCUT2D eigenvalue weighted by molar-refractivity contribution is 0.0199. The number of aromatic nitrogens is 1. The van der Waals surface area contributed by atoms with Crippen LogP contribution in [-0.2, 0) is 14.2 Å². The first-order valence-electron chi connectivity index (χ1n) is 11.4. The fraction of sp³-hybridized carbons (Fsp3) is 0.600. The average molecular weight is 474 g/mol. The van der Waals surface area contributed by atoms with Crippen molar-refractivity contribution in [3.63, 3.8) is 0 Å². The van der Waals surface area contributed by atoms with Gasteiger partial charge in [-0.2, -0.15) is 0 Å². The molecule has 1 aliphatic heterocycles. The quantitative estimate of drug-likeness (QED) is 0.388. The second-order valence-electron chi connectivity index (χ2n) is 9.97. The van der Waals surface area contributed by atoms with E-state index in [1.54, 1.807) is 32.6 Å². The van der Waals surface area contributed by atoms with Crippen LogP contribution in [-0.4, -0.2) is 58.9 Å². The van der Waals surface area contributed by atoms with Gasteiger partial charge < -0.3 is 19.1 Å². The lowest BCUT2D eigenvalue weighted by atomic mass is 9.97. The first kappa shape index (κ1) is 27.0. The number of esters is 1. The topological polar surface area (TPSA) is 107 Å². The van der Waals surface area contributed by atoms with Crippen molar-refractivity contribution >= 4 is 23.8 Å². The van der Waals surface area contributed by atoms with Crippen LogP contribution in [0.3, 0.4) is 0 Å². The van der Waals surface area contributed by atoms with Crippen LogP contribution >= 0.6 is 0 Å². The minimum atomic E-state index is -0.697. The molecule has 1 aliphatic rings. The summed E-state index contributed by atoms with van der Waals surface area (Å²) in [6.45, 7) is 13.8. The third-order valence-electron chi connectivity index (χ3n) is 4.59. The predicted octanol–water partition coefficient (Wildman–Crippen LogP) is 4.60. The van der Waals surface area contributed by atoms with Gasteiger partial charge in [0, 0.05) is 25.2 Å². The molecule has 0 radical (unpaired) electrons. The van der Waals surface area contributed by atoms with Crippen molar-refractivity contribution in [2.75, 3.05) is 25.0 Å². The maximum Gasteiger partial charge on any atom is 0.412 e. The van der Waals surface area contributed by atoms with Gasteiger partial charge in [0.05, 0.1) is 12.3 Å². The molecule has 2 amide bonds. The molecule has 9 heteroatoms. The van der Waals surface area contributed by atoms with Crippen LogP contribution in [0.1, 0.15) is 77.4 Å². The van der Waals surface area contributed by atoms with Crippen LogP contribution in [0.25, 0.3) is 0 Å². The molecule has 2 heterocycles. The van der Waals surface area contributed by atoms with Gasteiger partial charge in [-0.25, -0.2) is 19.4 Å². The Balaban J connectivity index is 2.11. The number of carbonyl (C=O) groups excluding carboxylic acids is 3. The van der Waals surface area contributed by atoms with Gasteiger partial charge in [-0.05, 0) is 73.3 Å². The Morgan fingerprint density at radius 2 is 1.71 bits per heavy atom. The summed E-state index contributed by atoms with van der Waals surface area (Å²) in [6, 6.07) is 1.53. The normalized spacial score (nSPS) is 14.5. The molecule has 1 N–H and O–H groups in total. The van der Waals surface area contributed by atoms with Crippen molar-refractivity contribution in [1.82, 2.24) is 9.88 Å². The van der Waals surface area contributed by atoms with E-state index < -0.39 is 23.3 Å². The summed E-state index contributed by atoms with van der Waals surface area (Å²) < 4.78 is 15.8. The van der Waals surface area contributed by atoms with Gasteiger partial charge in [-0.1, -0.05) is 5.92 Å². The molecule has 0 saturated carbocycles. The van der Waals surface area contributed by atoms with Crippen LogP contribution in [0, 0.1) is 17.8 Å². The van der Waals surface area contributed by atoms with E-state index in [1.165, 1.54) is 12.3 Å². The van der Waals surface area contributed by atoms with Crippen LogP contribution in [0.2, 0.25) is 0 Å². The summed E-state index contributed by atoms with van der Waals surface area (Å²) in [5, 5.41) is 2.59. The summed E-state index contributed by atoms with van der Waals surface area (Å²) in [6.07, 6.45) is 1.76. The smallest absolute Gasteiger partial charge is 0.412 e. The second-order valence-corrected chi connectivity index (χ2v) is 9.97. The van der Waals surface area contributed by atoms with Crippen molar-refractivity contribution in [3.05, 3.63) is 23.5 Å². The average Bonchev–Trinajstić information content (AvgIpc) is 2.70. The summed E-state index contributed by atoms with van der Waals surface area (Å²) in [4.78, 5) is 42.7. The molecular weight excluding hydrogens is 438 g/mol. The standard InChI is InChI=1S/C25H35N3O6/c1-8-32-21(29)19-16-26-18(15-20(19)27-22(30)33-24(2,3)4)10-9-17-11-13-28(14-12-17)23(31)34-25(5,6)7/h15-17H,8,11-14H2,1-7H3,(H,26,27,30). The highest BCUT2D eigenvalue weighted by molar-refractivity contribution is 5.99. The second kappa shape index (κ2) is 11.2. The third kappa shape index (κ3) is 8.93. The van der Waals surface area contributed by atoms with Gasteiger partial charge in [-0.15, -0.1) is 0 Å². The first-order valence-corrected chi connectivity index (χ1v) is 11.4. The van der Waals surface area contributed by atoms with Gasteiger partial charge >= 0.3 is 18.2 Å². The zero-order valence-electron chi connectivity index (χ0n) is 21.1. The van der Waals surface area contributed by atoms with E-state index >= 15 is 0 Å². The number of hydrogen-bond donors (Lipinski definition) is 1. The summed E-state index contributed by atoms with van der Waals surface area (Å²) >= 11 is 0. The highest BCUT2D eigenvalue weighted by atomic mass is 16.6. The Morgan fingerprint density at radius 1 is 1.09 bits per heavy atom. The van der Waals surface area contributed by atoms with E-state index in [4.69, 9.17) is 14.2 Å². The minimum absolute atomic E-state index is 0.0903. The highest BCUT2D eigenvalue weighted by Crippen LogP contribution is 2.21. The number of rotatable bonds is 3. The number of ether oxygens (including phenoxy) is 3. The lowest BCUT2D eigenvalue weighted by Gasteiger charge is -2.31. The number of anilines is 1. The number of likely N-dealkylation sites (tertiary alicyclic amines) is 1. The van der Waals surface area contributed by atoms with E-state index in [-0.39, 0.29) is 29.9 Å². The van der Waals surface area contributed by atoms with Crippen molar-refractivity contribution in [1.29, 1.82) is 0 Å². The maximum absolute atomic E-state index is 12.3. The Morgan fingerprint density at radius 3 is 2.26 bits per heavy atom. The molecule has 0 aliphatic carbocycles. The molecule has 34 heavy (non-hydrogen) atoms. The number of nitrogens with zero attached hydrogens (tertiary/aromatic N) is 2. The number of pyridine rings is 1. The van der Waals surface area contributed by atoms with E-state index in [0.717, 1.165) is 12.8 Å². The highest BCUT2D eigenvalue weighted by Gasteiger charge is 2.26. The van der Waals surface area contributed by atoms with Crippen LogP contribution in [0.5, 0.6) is 0 Å². The number of hydrogen-bond acceptors (Lipinski definition) is 7. The van der Waals surface area contributed by atoms with E-state index in [2.05, 4.69) is 22.1 Å². The number of amides is 2. The van der Waals surface area contributed by atoms with E-state index in [0.29, 0.717) is 18.8 Å². The molecule has 0 unspecified atom stereocenters. The van der Waals surface area contributed by atoms with Crippen molar-refractivity contribution in [2.24, 2.45) is 5.92 Å². The van der Waals surface area contributed by atoms with E-state index in [9.17, 15) is 14.4 Å². The van der Waals surface area contributed by atoms with Gasteiger partial charge in [0.1, 0.15) is 22.5 Å². The maximum atomic E-state index is 12.3. The van der Waals surface area contributed by atoms with Crippen LogP contribution < -0.4 is 5.32 Å². The molecule has 0 bridgehead atoms. The Kier molecular flexibility index (Phi) is 8.91. The summed E-state index contributed by atoms with van der Waals surface area (Å²) in [7, 11) is 0. The monoisotopic (exact) mass is 473 g/mol. The summed E-state index contributed by atoms with van der Waals surface area (Å²) in [5.41, 5.74) is -0.498. The minimum Gasteiger partial charge on any atom is -0.462 e. The van der Waals surface area contributed by atoms with E-state index in [1.807, 2.05) is 20.8 Å². The van der Waals surface area contributed by atoms with Gasteiger partial charge in [0.15, 0.2) is 0 Å². The molecule has 0 atom stereocenters. The summed E-state index contributed by atoms with van der Waals surface area (Å²) in [5.74, 6) is 5.69.